The molecule has 31 heavy (non-hydrogen) atoms. The quantitative estimate of drug-likeness (QED) is 0.379. The van der Waals surface area contributed by atoms with Gasteiger partial charge < -0.3 is 10.1 Å². The van der Waals surface area contributed by atoms with Crippen LogP contribution in [0.15, 0.2) is 47.3 Å². The molecule has 2 aromatic carbocycles. The van der Waals surface area contributed by atoms with Gasteiger partial charge in [0.05, 0.1) is 21.4 Å². The second-order valence-corrected chi connectivity index (χ2v) is 7.16. The Morgan fingerprint density at radius 1 is 1.26 bits per heavy atom. The molecule has 0 bridgehead atoms. The molecule has 4 rings (SSSR count). The monoisotopic (exact) mass is 422 g/mol. The normalized spacial score (nSPS) is 13.5. The molecule has 1 aliphatic heterocycles. The third kappa shape index (κ3) is 4.00. The molecule has 0 saturated heterocycles. The smallest absolute Gasteiger partial charge is 0.338 e. The largest absolute Gasteiger partial charge is 0.449 e. The van der Waals surface area contributed by atoms with E-state index in [-0.39, 0.29) is 22.5 Å². The van der Waals surface area contributed by atoms with Gasteiger partial charge in [-0.3, -0.25) is 24.3 Å². The van der Waals surface area contributed by atoms with Crippen molar-refractivity contribution in [3.63, 3.8) is 0 Å². The van der Waals surface area contributed by atoms with Crippen LogP contribution in [0.5, 0.6) is 0 Å². The number of nitro benzene ring substituents is 1. The average Bonchev–Trinajstić information content (AvgIpc) is 3.22. The molecule has 0 unspecified atom stereocenters. The van der Waals surface area contributed by atoms with Crippen LogP contribution in [0.3, 0.4) is 0 Å². The van der Waals surface area contributed by atoms with Crippen LogP contribution in [0.4, 0.5) is 11.4 Å². The number of amides is 1. The molecular formula is C21H18N4O6. The molecule has 158 valence electrons. The van der Waals surface area contributed by atoms with E-state index in [1.165, 1.54) is 49.4 Å². The number of fused-ring (bicyclic) bond motifs is 2. The van der Waals surface area contributed by atoms with Crippen LogP contribution in [-0.2, 0) is 22.5 Å². The molecule has 2 heterocycles. The summed E-state index contributed by atoms with van der Waals surface area (Å²) in [6.07, 6.45) is 0.403. The Labute approximate surface area is 175 Å². The third-order valence-electron chi connectivity index (χ3n) is 5.03. The van der Waals surface area contributed by atoms with Gasteiger partial charge in [-0.1, -0.05) is 6.07 Å². The molecule has 10 nitrogen and oxygen atoms in total. The number of rotatable bonds is 5. The third-order valence-corrected chi connectivity index (χ3v) is 5.03. The number of aryl methyl sites for hydroxylation is 1. The molecule has 3 aromatic rings. The number of nitro groups is 1. The van der Waals surface area contributed by atoms with Crippen molar-refractivity contribution < 1.29 is 19.2 Å². The first-order valence-electron chi connectivity index (χ1n) is 9.63. The minimum atomic E-state index is -1.15. The maximum atomic E-state index is 12.5. The zero-order valence-electron chi connectivity index (χ0n) is 16.5. The molecule has 10 heteroatoms. The zero-order valence-corrected chi connectivity index (χ0v) is 16.5. The topological polar surface area (TPSA) is 133 Å². The van der Waals surface area contributed by atoms with Gasteiger partial charge in [0.25, 0.3) is 17.2 Å². The Hall–Kier alpha value is -4.08. The molecule has 0 aliphatic carbocycles. The highest BCUT2D eigenvalue weighted by atomic mass is 16.6. The van der Waals surface area contributed by atoms with Gasteiger partial charge >= 0.3 is 5.97 Å². The fraction of sp³-hybridized carbons (Fsp3) is 0.238. The fourth-order valence-corrected chi connectivity index (χ4v) is 3.43. The number of ether oxygens (including phenoxy) is 1. The lowest BCUT2D eigenvalue weighted by atomic mass is 10.1. The van der Waals surface area contributed by atoms with Crippen molar-refractivity contribution in [1.82, 2.24) is 9.55 Å². The first kappa shape index (κ1) is 20.2. The minimum Gasteiger partial charge on any atom is -0.449 e. The van der Waals surface area contributed by atoms with E-state index in [0.717, 1.165) is 6.42 Å². The number of hydrogen-bond acceptors (Lipinski definition) is 7. The number of hydrogen-bond donors (Lipinski definition) is 1. The Balaban J connectivity index is 1.48. The second kappa shape index (κ2) is 7.98. The van der Waals surface area contributed by atoms with Crippen LogP contribution >= 0.6 is 0 Å². The van der Waals surface area contributed by atoms with Crippen molar-refractivity contribution in [3.05, 3.63) is 74.3 Å². The standard InChI is InChI=1S/C21H18N4O6/c1-12(19(26)22-14-4-2-5-15(11-14)25(29)30)31-21(28)13-7-8-16-17(10-13)23-18-6-3-9-24(18)20(16)27/h2,4-5,7-8,10-12H,3,6,9H2,1H3,(H,22,26)/t12-/m1/s1. The number of esters is 1. The van der Waals surface area contributed by atoms with Gasteiger partial charge in [-0.05, 0) is 37.6 Å². The number of carbonyl (C=O) groups is 2. The Morgan fingerprint density at radius 3 is 2.84 bits per heavy atom. The van der Waals surface area contributed by atoms with Crippen LogP contribution in [0.1, 0.15) is 29.5 Å². The van der Waals surface area contributed by atoms with Crippen molar-refractivity contribution in [2.75, 3.05) is 5.32 Å². The Kier molecular flexibility index (Phi) is 5.20. The van der Waals surface area contributed by atoms with Gasteiger partial charge in [0.15, 0.2) is 6.10 Å². The van der Waals surface area contributed by atoms with Crippen molar-refractivity contribution >= 4 is 34.2 Å². The predicted molar refractivity (Wildman–Crippen MR) is 111 cm³/mol. The second-order valence-electron chi connectivity index (χ2n) is 7.16. The van der Waals surface area contributed by atoms with E-state index in [1.807, 2.05) is 0 Å². The molecule has 1 N–H and O–H groups in total. The lowest BCUT2D eigenvalue weighted by Gasteiger charge is -2.14. The molecule has 1 atom stereocenters. The van der Waals surface area contributed by atoms with Gasteiger partial charge in [0.2, 0.25) is 0 Å². The molecule has 0 spiro atoms. The van der Waals surface area contributed by atoms with Gasteiger partial charge in [-0.15, -0.1) is 0 Å². The summed E-state index contributed by atoms with van der Waals surface area (Å²) in [5.41, 5.74) is 0.473. The average molecular weight is 422 g/mol. The SMILES string of the molecule is C[C@@H](OC(=O)c1ccc2c(=O)n3c(nc2c1)CCC3)C(=O)Nc1cccc([N+](=O)[O-])c1. The fourth-order valence-electron chi connectivity index (χ4n) is 3.43. The molecule has 0 fully saturated rings. The Bertz CT molecular complexity index is 1280. The van der Waals surface area contributed by atoms with Crippen molar-refractivity contribution in [1.29, 1.82) is 0 Å². The van der Waals surface area contributed by atoms with Crippen LogP contribution in [0, 0.1) is 10.1 Å². The number of nitrogens with one attached hydrogen (secondary N) is 1. The van der Waals surface area contributed by atoms with Gasteiger partial charge in [-0.25, -0.2) is 9.78 Å². The summed E-state index contributed by atoms with van der Waals surface area (Å²) in [5.74, 6) is -0.692. The van der Waals surface area contributed by atoms with E-state index in [2.05, 4.69) is 10.3 Å². The molecular weight excluding hydrogens is 404 g/mol. The number of non-ortho nitro benzene ring substituents is 1. The summed E-state index contributed by atoms with van der Waals surface area (Å²) in [6, 6.07) is 9.90. The number of nitrogens with zero attached hydrogens (tertiary/aromatic N) is 3. The van der Waals surface area contributed by atoms with E-state index < -0.39 is 22.9 Å². The van der Waals surface area contributed by atoms with E-state index in [0.29, 0.717) is 29.7 Å². The number of aromatic nitrogens is 2. The molecule has 0 saturated carbocycles. The molecule has 0 radical (unpaired) electrons. The van der Waals surface area contributed by atoms with Crippen LogP contribution in [0.25, 0.3) is 10.9 Å². The van der Waals surface area contributed by atoms with Crippen molar-refractivity contribution in [2.24, 2.45) is 0 Å². The zero-order chi connectivity index (χ0) is 22.1. The lowest BCUT2D eigenvalue weighted by Crippen LogP contribution is -2.30. The maximum Gasteiger partial charge on any atom is 0.338 e. The molecule has 1 aliphatic rings. The van der Waals surface area contributed by atoms with Crippen molar-refractivity contribution in [3.8, 4) is 0 Å². The van der Waals surface area contributed by atoms with Crippen LogP contribution in [-0.4, -0.2) is 32.5 Å². The number of anilines is 1. The van der Waals surface area contributed by atoms with E-state index in [9.17, 15) is 24.5 Å². The number of benzene rings is 2. The van der Waals surface area contributed by atoms with E-state index >= 15 is 0 Å². The molecule has 1 aromatic heterocycles. The summed E-state index contributed by atoms with van der Waals surface area (Å²) >= 11 is 0. The van der Waals surface area contributed by atoms with Crippen LogP contribution in [0.2, 0.25) is 0 Å². The number of carbonyl (C=O) groups excluding carboxylic acids is 2. The van der Waals surface area contributed by atoms with E-state index in [4.69, 9.17) is 4.74 Å². The summed E-state index contributed by atoms with van der Waals surface area (Å²) in [6.45, 7) is 2.03. The predicted octanol–water partition coefficient (Wildman–Crippen LogP) is 2.43. The van der Waals surface area contributed by atoms with Gasteiger partial charge in [-0.2, -0.15) is 0 Å². The Morgan fingerprint density at radius 2 is 2.06 bits per heavy atom. The summed E-state index contributed by atoms with van der Waals surface area (Å²) in [4.78, 5) is 52.1. The minimum absolute atomic E-state index is 0.137. The highest BCUT2D eigenvalue weighted by Crippen LogP contribution is 2.19. The summed E-state index contributed by atoms with van der Waals surface area (Å²) < 4.78 is 6.86. The highest BCUT2D eigenvalue weighted by molar-refractivity contribution is 5.98. The van der Waals surface area contributed by atoms with Crippen LogP contribution < -0.4 is 10.9 Å². The highest BCUT2D eigenvalue weighted by Gasteiger charge is 2.21. The maximum absolute atomic E-state index is 12.5. The first-order valence-corrected chi connectivity index (χ1v) is 9.63. The van der Waals surface area contributed by atoms with E-state index in [1.54, 1.807) is 4.57 Å². The van der Waals surface area contributed by atoms with Gasteiger partial charge in [0, 0.05) is 30.8 Å². The molecule has 1 amide bonds. The van der Waals surface area contributed by atoms with Crippen molar-refractivity contribution in [2.45, 2.75) is 32.4 Å². The van der Waals surface area contributed by atoms with Gasteiger partial charge in [0.1, 0.15) is 5.82 Å². The first-order chi connectivity index (χ1) is 14.8. The summed E-state index contributed by atoms with van der Waals surface area (Å²) in [7, 11) is 0. The lowest BCUT2D eigenvalue weighted by molar-refractivity contribution is -0.384. The summed E-state index contributed by atoms with van der Waals surface area (Å²) in [5, 5.41) is 13.7.